The predicted molar refractivity (Wildman–Crippen MR) is 89.6 cm³/mol. The number of benzene rings is 1. The van der Waals surface area contributed by atoms with Gasteiger partial charge >= 0.3 is 0 Å². The SMILES string of the molecule is CCCCCC(C)n1c(CCCl)nc2cc(OC)ccc21. The summed E-state index contributed by atoms with van der Waals surface area (Å²) in [5.74, 6) is 2.53. The number of aryl methyl sites for hydroxylation is 1. The highest BCUT2D eigenvalue weighted by atomic mass is 35.5. The van der Waals surface area contributed by atoms with E-state index in [1.807, 2.05) is 12.1 Å². The minimum atomic E-state index is 0.452. The van der Waals surface area contributed by atoms with E-state index >= 15 is 0 Å². The molecule has 0 saturated carbocycles. The Morgan fingerprint density at radius 2 is 2.14 bits per heavy atom. The van der Waals surface area contributed by atoms with E-state index in [0.29, 0.717) is 11.9 Å². The molecule has 1 heterocycles. The van der Waals surface area contributed by atoms with Crippen LogP contribution in [0.1, 0.15) is 51.4 Å². The third-order valence-electron chi connectivity index (χ3n) is 3.95. The van der Waals surface area contributed by atoms with E-state index in [2.05, 4.69) is 24.5 Å². The highest BCUT2D eigenvalue weighted by Gasteiger charge is 2.15. The van der Waals surface area contributed by atoms with Gasteiger partial charge in [-0.2, -0.15) is 0 Å². The van der Waals surface area contributed by atoms with Crippen LogP contribution in [-0.4, -0.2) is 22.5 Å². The summed E-state index contributed by atoms with van der Waals surface area (Å²) in [4.78, 5) is 4.76. The van der Waals surface area contributed by atoms with Crippen LogP contribution in [0.3, 0.4) is 0 Å². The van der Waals surface area contributed by atoms with Crippen molar-refractivity contribution in [3.05, 3.63) is 24.0 Å². The largest absolute Gasteiger partial charge is 0.497 e. The van der Waals surface area contributed by atoms with Gasteiger partial charge in [0.15, 0.2) is 0 Å². The maximum absolute atomic E-state index is 5.95. The van der Waals surface area contributed by atoms with Gasteiger partial charge in [-0.3, -0.25) is 0 Å². The summed E-state index contributed by atoms with van der Waals surface area (Å²) >= 11 is 5.95. The lowest BCUT2D eigenvalue weighted by atomic mass is 10.1. The van der Waals surface area contributed by atoms with Crippen molar-refractivity contribution in [2.75, 3.05) is 13.0 Å². The van der Waals surface area contributed by atoms with Crippen LogP contribution in [-0.2, 0) is 6.42 Å². The molecule has 1 aromatic heterocycles. The minimum Gasteiger partial charge on any atom is -0.497 e. The lowest BCUT2D eigenvalue weighted by Crippen LogP contribution is -2.10. The van der Waals surface area contributed by atoms with Crippen LogP contribution in [0.5, 0.6) is 5.75 Å². The Bertz CT molecular complexity index is 579. The highest BCUT2D eigenvalue weighted by Crippen LogP contribution is 2.27. The summed E-state index contributed by atoms with van der Waals surface area (Å²) in [5, 5.41) is 0. The Morgan fingerprint density at radius 3 is 2.81 bits per heavy atom. The van der Waals surface area contributed by atoms with Gasteiger partial charge in [0.2, 0.25) is 0 Å². The van der Waals surface area contributed by atoms with Gasteiger partial charge in [0.1, 0.15) is 11.6 Å². The van der Waals surface area contributed by atoms with E-state index in [1.54, 1.807) is 7.11 Å². The summed E-state index contributed by atoms with van der Waals surface area (Å²) in [6.45, 7) is 4.52. The van der Waals surface area contributed by atoms with E-state index in [0.717, 1.165) is 23.5 Å². The fourth-order valence-corrected chi connectivity index (χ4v) is 3.00. The number of hydrogen-bond donors (Lipinski definition) is 0. The van der Waals surface area contributed by atoms with E-state index in [4.69, 9.17) is 21.3 Å². The monoisotopic (exact) mass is 308 g/mol. The molecular weight excluding hydrogens is 284 g/mol. The van der Waals surface area contributed by atoms with Gasteiger partial charge in [0.05, 0.1) is 18.1 Å². The second-order valence-electron chi connectivity index (χ2n) is 5.54. The number of ether oxygens (including phenoxy) is 1. The molecule has 0 aliphatic carbocycles. The van der Waals surface area contributed by atoms with E-state index in [-0.39, 0.29) is 0 Å². The number of nitrogens with zero attached hydrogens (tertiary/aromatic N) is 2. The van der Waals surface area contributed by atoms with Crippen LogP contribution in [0.2, 0.25) is 0 Å². The Morgan fingerprint density at radius 1 is 1.33 bits per heavy atom. The Hall–Kier alpha value is -1.22. The first-order chi connectivity index (χ1) is 10.2. The number of aromatic nitrogens is 2. The molecule has 1 unspecified atom stereocenters. The molecular formula is C17H25ClN2O. The fraction of sp³-hybridized carbons (Fsp3) is 0.588. The van der Waals surface area contributed by atoms with Crippen molar-refractivity contribution in [2.24, 2.45) is 0 Å². The molecule has 0 fully saturated rings. The van der Waals surface area contributed by atoms with Gasteiger partial charge < -0.3 is 9.30 Å². The van der Waals surface area contributed by atoms with Gasteiger partial charge in [0, 0.05) is 24.4 Å². The third-order valence-corrected chi connectivity index (χ3v) is 4.14. The van der Waals surface area contributed by atoms with Gasteiger partial charge in [-0.15, -0.1) is 11.6 Å². The maximum Gasteiger partial charge on any atom is 0.121 e. The number of hydrogen-bond acceptors (Lipinski definition) is 2. The van der Waals surface area contributed by atoms with Crippen LogP contribution in [0.4, 0.5) is 0 Å². The quantitative estimate of drug-likeness (QED) is 0.508. The molecule has 0 spiro atoms. The summed E-state index contributed by atoms with van der Waals surface area (Å²) in [6, 6.07) is 6.56. The van der Waals surface area contributed by atoms with Crippen molar-refractivity contribution in [3.63, 3.8) is 0 Å². The zero-order chi connectivity index (χ0) is 15.2. The van der Waals surface area contributed by atoms with Gasteiger partial charge in [-0.05, 0) is 25.5 Å². The average molecular weight is 309 g/mol. The minimum absolute atomic E-state index is 0.452. The summed E-state index contributed by atoms with van der Waals surface area (Å²) in [7, 11) is 1.69. The molecule has 2 rings (SSSR count). The fourth-order valence-electron chi connectivity index (χ4n) is 2.83. The predicted octanol–water partition coefficient (Wildman–Crippen LogP) is 4.97. The molecule has 4 heteroatoms. The number of alkyl halides is 1. The van der Waals surface area contributed by atoms with Crippen LogP contribution in [0.25, 0.3) is 11.0 Å². The Labute approximate surface area is 132 Å². The standard InChI is InChI=1S/C17H25ClN2O/c1-4-5-6-7-13(2)20-16-9-8-14(21-3)12-15(16)19-17(20)10-11-18/h8-9,12-13H,4-7,10-11H2,1-3H3. The second-order valence-corrected chi connectivity index (χ2v) is 5.91. The van der Waals surface area contributed by atoms with E-state index in [1.165, 1.54) is 31.2 Å². The van der Waals surface area contributed by atoms with E-state index < -0.39 is 0 Å². The van der Waals surface area contributed by atoms with Crippen molar-refractivity contribution in [2.45, 2.75) is 52.0 Å². The number of unbranched alkanes of at least 4 members (excludes halogenated alkanes) is 2. The Balaban J connectivity index is 2.36. The van der Waals surface area contributed by atoms with Gasteiger partial charge in [-0.25, -0.2) is 4.98 Å². The number of halogens is 1. The molecule has 0 amide bonds. The molecule has 0 saturated heterocycles. The normalized spacial score (nSPS) is 12.8. The first kappa shape index (κ1) is 16.2. The topological polar surface area (TPSA) is 27.1 Å². The van der Waals surface area contributed by atoms with Crippen molar-refractivity contribution in [3.8, 4) is 5.75 Å². The van der Waals surface area contributed by atoms with Crippen LogP contribution < -0.4 is 4.74 Å². The lowest BCUT2D eigenvalue weighted by molar-refractivity contribution is 0.415. The first-order valence-electron chi connectivity index (χ1n) is 7.82. The maximum atomic E-state index is 5.95. The first-order valence-corrected chi connectivity index (χ1v) is 8.35. The highest BCUT2D eigenvalue weighted by molar-refractivity contribution is 6.17. The van der Waals surface area contributed by atoms with Crippen LogP contribution in [0.15, 0.2) is 18.2 Å². The van der Waals surface area contributed by atoms with Gasteiger partial charge in [0.25, 0.3) is 0 Å². The Kier molecular flexibility index (Phi) is 5.92. The van der Waals surface area contributed by atoms with Crippen molar-refractivity contribution in [1.82, 2.24) is 9.55 Å². The molecule has 0 N–H and O–H groups in total. The number of fused-ring (bicyclic) bond motifs is 1. The number of imidazole rings is 1. The van der Waals surface area contributed by atoms with E-state index in [9.17, 15) is 0 Å². The van der Waals surface area contributed by atoms with Gasteiger partial charge in [-0.1, -0.05) is 26.2 Å². The average Bonchev–Trinajstić information content (AvgIpc) is 2.84. The summed E-state index contributed by atoms with van der Waals surface area (Å²) in [6.07, 6.45) is 5.78. The van der Waals surface area contributed by atoms with Crippen molar-refractivity contribution >= 4 is 22.6 Å². The molecule has 2 aromatic rings. The molecule has 0 bridgehead atoms. The second kappa shape index (κ2) is 7.69. The van der Waals surface area contributed by atoms with Crippen LogP contribution >= 0.6 is 11.6 Å². The van der Waals surface area contributed by atoms with Crippen molar-refractivity contribution in [1.29, 1.82) is 0 Å². The zero-order valence-corrected chi connectivity index (χ0v) is 14.0. The lowest BCUT2D eigenvalue weighted by Gasteiger charge is -2.17. The molecule has 3 nitrogen and oxygen atoms in total. The smallest absolute Gasteiger partial charge is 0.121 e. The third kappa shape index (κ3) is 3.70. The molecule has 21 heavy (non-hydrogen) atoms. The molecule has 1 aromatic carbocycles. The molecule has 0 radical (unpaired) electrons. The molecule has 0 aliphatic heterocycles. The summed E-state index contributed by atoms with van der Waals surface area (Å²) < 4.78 is 7.65. The molecule has 1 atom stereocenters. The van der Waals surface area contributed by atoms with Crippen molar-refractivity contribution < 1.29 is 4.74 Å². The number of rotatable bonds is 8. The summed E-state index contributed by atoms with van der Waals surface area (Å²) in [5.41, 5.74) is 2.18. The van der Waals surface area contributed by atoms with Crippen LogP contribution in [0, 0.1) is 0 Å². The molecule has 0 aliphatic rings. The zero-order valence-electron chi connectivity index (χ0n) is 13.2. The molecule has 116 valence electrons. The number of methoxy groups -OCH3 is 1.